The van der Waals surface area contributed by atoms with Gasteiger partial charge in [0.05, 0.1) is 17.5 Å². The molecule has 0 aliphatic heterocycles. The fraction of sp³-hybridized carbons (Fsp3) is 0.0667. The molecule has 4 nitrogen and oxygen atoms in total. The molecule has 0 saturated carbocycles. The number of fused-ring (bicyclic) bond motifs is 1. The van der Waals surface area contributed by atoms with Crippen molar-refractivity contribution >= 4 is 28.1 Å². The summed E-state index contributed by atoms with van der Waals surface area (Å²) in [5, 5.41) is 11.2. The highest BCUT2D eigenvalue weighted by Crippen LogP contribution is 2.31. The molecule has 1 N–H and O–H groups in total. The Bertz CT molecular complexity index is 795. The lowest BCUT2D eigenvalue weighted by Gasteiger charge is -2.05. The third-order valence-electron chi connectivity index (χ3n) is 3.08. The minimum Gasteiger partial charge on any atom is -0.497 e. The van der Waals surface area contributed by atoms with Crippen LogP contribution in [-0.2, 0) is 0 Å². The number of nitrogens with zero attached hydrogens (tertiary/aromatic N) is 1. The van der Waals surface area contributed by atoms with E-state index in [1.54, 1.807) is 12.6 Å². The first-order valence-electron chi connectivity index (χ1n) is 5.94. The summed E-state index contributed by atoms with van der Waals surface area (Å²) in [6, 6.07) is 11.6. The zero-order valence-electron chi connectivity index (χ0n) is 10.7. The maximum absolute atomic E-state index is 11.1. The zero-order valence-corrected chi connectivity index (χ0v) is 11.5. The molecule has 20 heavy (non-hydrogen) atoms. The van der Waals surface area contributed by atoms with Gasteiger partial charge in [0.2, 0.25) is 0 Å². The van der Waals surface area contributed by atoms with Gasteiger partial charge in [0, 0.05) is 0 Å². The number of aromatic carboxylic acids is 1. The van der Waals surface area contributed by atoms with E-state index < -0.39 is 5.97 Å². The quantitative estimate of drug-likeness (QED) is 0.797. The number of benzene rings is 2. The average molecular weight is 285 g/mol. The van der Waals surface area contributed by atoms with Crippen molar-refractivity contribution in [2.24, 2.45) is 0 Å². The van der Waals surface area contributed by atoms with E-state index in [1.807, 2.05) is 36.4 Å². The van der Waals surface area contributed by atoms with E-state index in [-0.39, 0.29) is 5.69 Å². The van der Waals surface area contributed by atoms with E-state index in [0.717, 1.165) is 22.1 Å². The third-order valence-corrected chi connectivity index (χ3v) is 3.96. The summed E-state index contributed by atoms with van der Waals surface area (Å²) in [4.78, 5) is 15.7. The van der Waals surface area contributed by atoms with Crippen molar-refractivity contribution in [2.45, 2.75) is 0 Å². The third kappa shape index (κ3) is 2.12. The molecule has 0 saturated heterocycles. The lowest BCUT2D eigenvalue weighted by atomic mass is 10.0. The lowest BCUT2D eigenvalue weighted by Crippen LogP contribution is -1.98. The molecule has 0 amide bonds. The Labute approximate surface area is 119 Å². The molecule has 100 valence electrons. The molecule has 3 rings (SSSR count). The SMILES string of the molecule is COc1ccc2cc(-c3scnc3C(=O)O)ccc2c1. The number of ether oxygens (including phenoxy) is 1. The Morgan fingerprint density at radius 3 is 2.70 bits per heavy atom. The molecule has 5 heteroatoms. The summed E-state index contributed by atoms with van der Waals surface area (Å²) in [7, 11) is 1.63. The highest BCUT2D eigenvalue weighted by Gasteiger charge is 2.15. The summed E-state index contributed by atoms with van der Waals surface area (Å²) in [6.45, 7) is 0. The minimum absolute atomic E-state index is 0.0999. The van der Waals surface area contributed by atoms with Gasteiger partial charge in [-0.2, -0.15) is 0 Å². The topological polar surface area (TPSA) is 59.4 Å². The Balaban J connectivity index is 2.13. The second-order valence-electron chi connectivity index (χ2n) is 4.26. The van der Waals surface area contributed by atoms with E-state index in [2.05, 4.69) is 4.98 Å². The number of carboxylic acid groups (broad SMARTS) is 1. The number of rotatable bonds is 3. The number of hydrogen-bond donors (Lipinski definition) is 1. The van der Waals surface area contributed by atoms with E-state index in [4.69, 9.17) is 9.84 Å². The number of hydrogen-bond acceptors (Lipinski definition) is 4. The minimum atomic E-state index is -1.00. The molecule has 0 aliphatic carbocycles. The first kappa shape index (κ1) is 12.6. The molecule has 0 aliphatic rings. The summed E-state index contributed by atoms with van der Waals surface area (Å²) in [5.74, 6) is -0.203. The van der Waals surface area contributed by atoms with E-state index in [9.17, 15) is 4.79 Å². The van der Waals surface area contributed by atoms with Crippen LogP contribution >= 0.6 is 11.3 Å². The number of methoxy groups -OCH3 is 1. The first-order chi connectivity index (χ1) is 9.69. The molecule has 3 aromatic rings. The summed E-state index contributed by atoms with van der Waals surface area (Å²) in [5.41, 5.74) is 2.52. The van der Waals surface area contributed by atoms with Gasteiger partial charge in [-0.05, 0) is 34.5 Å². The van der Waals surface area contributed by atoms with Crippen LogP contribution in [0.5, 0.6) is 5.75 Å². The smallest absolute Gasteiger partial charge is 0.356 e. The monoisotopic (exact) mass is 285 g/mol. The van der Waals surface area contributed by atoms with Crippen LogP contribution in [0.25, 0.3) is 21.2 Å². The highest BCUT2D eigenvalue weighted by atomic mass is 32.1. The van der Waals surface area contributed by atoms with E-state index in [1.165, 1.54) is 11.3 Å². The van der Waals surface area contributed by atoms with Crippen LogP contribution in [0.4, 0.5) is 0 Å². The van der Waals surface area contributed by atoms with Crippen molar-refractivity contribution in [1.82, 2.24) is 4.98 Å². The van der Waals surface area contributed by atoms with Gasteiger partial charge in [-0.15, -0.1) is 11.3 Å². The molecule has 0 radical (unpaired) electrons. The maximum atomic E-state index is 11.1. The van der Waals surface area contributed by atoms with Crippen molar-refractivity contribution in [3.63, 3.8) is 0 Å². The van der Waals surface area contributed by atoms with Gasteiger partial charge in [0.25, 0.3) is 0 Å². The van der Waals surface area contributed by atoms with Crippen molar-refractivity contribution in [3.8, 4) is 16.2 Å². The Morgan fingerprint density at radius 2 is 1.95 bits per heavy atom. The summed E-state index contributed by atoms with van der Waals surface area (Å²) < 4.78 is 5.19. The number of carbonyl (C=O) groups is 1. The Hall–Kier alpha value is -2.40. The molecule has 2 aromatic carbocycles. The zero-order chi connectivity index (χ0) is 14.1. The standard InChI is InChI=1S/C15H11NO3S/c1-19-12-5-4-9-6-11(3-2-10(9)7-12)14-13(15(17)18)16-8-20-14/h2-8H,1H3,(H,17,18). The average Bonchev–Trinajstić information content (AvgIpc) is 2.95. The first-order valence-corrected chi connectivity index (χ1v) is 6.82. The molecule has 0 spiro atoms. The Morgan fingerprint density at radius 1 is 1.20 bits per heavy atom. The number of aromatic nitrogens is 1. The Kier molecular flexibility index (Phi) is 3.12. The molecule has 0 unspecified atom stereocenters. The van der Waals surface area contributed by atoms with Gasteiger partial charge < -0.3 is 9.84 Å². The second kappa shape index (κ2) is 4.94. The predicted octanol–water partition coefficient (Wildman–Crippen LogP) is 3.67. The van der Waals surface area contributed by atoms with Crippen molar-refractivity contribution in [2.75, 3.05) is 7.11 Å². The maximum Gasteiger partial charge on any atom is 0.356 e. The second-order valence-corrected chi connectivity index (χ2v) is 5.12. The molecular formula is C15H11NO3S. The van der Waals surface area contributed by atoms with Gasteiger partial charge in [-0.1, -0.05) is 18.2 Å². The van der Waals surface area contributed by atoms with Crippen LogP contribution in [-0.4, -0.2) is 23.2 Å². The molecule has 1 heterocycles. The molecule has 0 fully saturated rings. The van der Waals surface area contributed by atoms with Gasteiger partial charge in [-0.25, -0.2) is 9.78 Å². The fourth-order valence-electron chi connectivity index (χ4n) is 2.10. The van der Waals surface area contributed by atoms with Crippen LogP contribution in [0.15, 0.2) is 41.9 Å². The van der Waals surface area contributed by atoms with Crippen molar-refractivity contribution < 1.29 is 14.6 Å². The van der Waals surface area contributed by atoms with Crippen LogP contribution in [0.3, 0.4) is 0 Å². The van der Waals surface area contributed by atoms with Crippen molar-refractivity contribution in [3.05, 3.63) is 47.6 Å². The molecule has 1 aromatic heterocycles. The normalized spacial score (nSPS) is 10.7. The lowest BCUT2D eigenvalue weighted by molar-refractivity contribution is 0.0692. The van der Waals surface area contributed by atoms with Gasteiger partial charge >= 0.3 is 5.97 Å². The summed E-state index contributed by atoms with van der Waals surface area (Å²) >= 11 is 1.33. The highest BCUT2D eigenvalue weighted by molar-refractivity contribution is 7.13. The molecule has 0 atom stereocenters. The van der Waals surface area contributed by atoms with Crippen LogP contribution in [0.2, 0.25) is 0 Å². The number of thiazole rings is 1. The van der Waals surface area contributed by atoms with Gasteiger partial charge in [0.1, 0.15) is 5.75 Å². The number of carboxylic acids is 1. The van der Waals surface area contributed by atoms with E-state index >= 15 is 0 Å². The van der Waals surface area contributed by atoms with Gasteiger partial charge in [-0.3, -0.25) is 0 Å². The molecular weight excluding hydrogens is 274 g/mol. The van der Waals surface area contributed by atoms with Crippen LogP contribution < -0.4 is 4.74 Å². The van der Waals surface area contributed by atoms with Crippen molar-refractivity contribution in [1.29, 1.82) is 0 Å². The largest absolute Gasteiger partial charge is 0.497 e. The predicted molar refractivity (Wildman–Crippen MR) is 78.6 cm³/mol. The van der Waals surface area contributed by atoms with Gasteiger partial charge in [0.15, 0.2) is 5.69 Å². The van der Waals surface area contributed by atoms with Crippen LogP contribution in [0.1, 0.15) is 10.5 Å². The van der Waals surface area contributed by atoms with Crippen LogP contribution in [0, 0.1) is 0 Å². The summed E-state index contributed by atoms with van der Waals surface area (Å²) in [6.07, 6.45) is 0. The molecule has 0 bridgehead atoms. The fourth-order valence-corrected chi connectivity index (χ4v) is 2.87. The van der Waals surface area contributed by atoms with E-state index in [0.29, 0.717) is 4.88 Å².